The highest BCUT2D eigenvalue weighted by Crippen LogP contribution is 2.14. The van der Waals surface area contributed by atoms with E-state index < -0.39 is 0 Å². The Morgan fingerprint density at radius 1 is 1.15 bits per heavy atom. The van der Waals surface area contributed by atoms with E-state index in [4.69, 9.17) is 0 Å². The Morgan fingerprint density at radius 2 is 1.75 bits per heavy atom. The minimum atomic E-state index is 0. The number of carbonyl (C=O) groups is 1. The number of carbonyl (C=O) groups excluding carboxylic acids is 1. The van der Waals surface area contributed by atoms with Gasteiger partial charge in [-0.05, 0) is 37.5 Å². The highest BCUT2D eigenvalue weighted by molar-refractivity contribution is 5.81. The molecule has 0 aliphatic carbocycles. The Labute approximate surface area is 131 Å². The molecule has 0 atom stereocenters. The van der Waals surface area contributed by atoms with E-state index in [1.54, 1.807) is 0 Å². The molecule has 2 rings (SSSR count). The molecule has 0 N–H and O–H groups in total. The predicted molar refractivity (Wildman–Crippen MR) is 75.0 cm³/mol. The van der Waals surface area contributed by atoms with Crippen molar-refractivity contribution in [2.75, 3.05) is 0 Å². The van der Waals surface area contributed by atoms with Gasteiger partial charge in [-0.3, -0.25) is 4.79 Å². The largest absolute Gasteiger partial charge is 1.00 e. The fraction of sp³-hybridized carbons (Fsp3) is 0.375. The number of halogens is 1. The lowest BCUT2D eigenvalue weighted by Crippen LogP contribution is -3.00. The molecule has 0 fully saturated rings. The van der Waals surface area contributed by atoms with E-state index in [0.29, 0.717) is 13.0 Å². The third kappa shape index (κ3) is 3.57. The van der Waals surface area contributed by atoms with Crippen molar-refractivity contribution in [3.8, 4) is 0 Å². The molecule has 0 spiro atoms. The normalized spacial score (nSPS) is 10.2. The van der Waals surface area contributed by atoms with E-state index >= 15 is 0 Å². The van der Waals surface area contributed by atoms with Gasteiger partial charge in [0.25, 0.3) is 0 Å². The molecule has 0 amide bonds. The van der Waals surface area contributed by atoms with Crippen molar-refractivity contribution >= 4 is 5.78 Å². The highest BCUT2D eigenvalue weighted by atomic mass is 79.9. The third-order valence-corrected chi connectivity index (χ3v) is 3.66. The second-order valence-corrected chi connectivity index (χ2v) is 5.17. The Kier molecular flexibility index (Phi) is 5.69. The van der Waals surface area contributed by atoms with Gasteiger partial charge in [-0.2, -0.15) is 4.68 Å². The zero-order valence-corrected chi connectivity index (χ0v) is 14.1. The van der Waals surface area contributed by atoms with E-state index in [1.807, 2.05) is 41.7 Å². The maximum absolute atomic E-state index is 12.3. The second kappa shape index (κ2) is 6.84. The molecule has 0 unspecified atom stereocenters. The summed E-state index contributed by atoms with van der Waals surface area (Å²) in [4.78, 5) is 12.3. The van der Waals surface area contributed by atoms with Crippen LogP contribution in [-0.4, -0.2) is 10.5 Å². The van der Waals surface area contributed by atoms with Crippen LogP contribution in [-0.2, 0) is 24.8 Å². The summed E-state index contributed by atoms with van der Waals surface area (Å²) in [5, 5.41) is 0. The summed E-state index contributed by atoms with van der Waals surface area (Å²) >= 11 is 0. The molecule has 108 valence electrons. The summed E-state index contributed by atoms with van der Waals surface area (Å²) < 4.78 is 3.95. The first-order valence-electron chi connectivity index (χ1n) is 6.58. The first kappa shape index (κ1) is 16.6. The van der Waals surface area contributed by atoms with E-state index in [-0.39, 0.29) is 22.8 Å². The van der Waals surface area contributed by atoms with Crippen LogP contribution < -0.4 is 21.7 Å². The third-order valence-electron chi connectivity index (χ3n) is 3.66. The van der Waals surface area contributed by atoms with Crippen molar-refractivity contribution < 1.29 is 26.5 Å². The number of rotatable bonds is 4. The fourth-order valence-electron chi connectivity index (χ4n) is 2.42. The molecule has 0 saturated carbocycles. The van der Waals surface area contributed by atoms with Gasteiger partial charge < -0.3 is 17.0 Å². The Hall–Kier alpha value is -1.42. The maximum atomic E-state index is 12.3. The number of nitrogens with zero attached hydrogens (tertiary/aromatic N) is 2. The summed E-state index contributed by atoms with van der Waals surface area (Å²) in [5.41, 5.74) is 4.67. The molecular weight excluding hydrogens is 316 g/mol. The maximum Gasteiger partial charge on any atom is 0.195 e. The van der Waals surface area contributed by atoms with Crippen molar-refractivity contribution in [3.05, 3.63) is 52.8 Å². The molecule has 0 saturated heterocycles. The number of hydrogen-bond acceptors (Lipinski definition) is 1. The molecule has 0 aliphatic rings. The fourth-order valence-corrected chi connectivity index (χ4v) is 2.42. The molecule has 0 bridgehead atoms. The van der Waals surface area contributed by atoms with E-state index in [2.05, 4.69) is 26.0 Å². The Balaban J connectivity index is 0.00000200. The predicted octanol–water partition coefficient (Wildman–Crippen LogP) is -0.946. The smallest absolute Gasteiger partial charge is 0.195 e. The minimum absolute atomic E-state index is 0. The summed E-state index contributed by atoms with van der Waals surface area (Å²) in [5.74, 6) is 0.243. The van der Waals surface area contributed by atoms with Gasteiger partial charge in [-0.25, -0.2) is 0 Å². The lowest BCUT2D eigenvalue weighted by atomic mass is 9.98. The van der Waals surface area contributed by atoms with Crippen LogP contribution in [0.2, 0.25) is 0 Å². The zero-order chi connectivity index (χ0) is 14.0. The van der Waals surface area contributed by atoms with Crippen molar-refractivity contribution in [3.63, 3.8) is 0 Å². The van der Waals surface area contributed by atoms with Gasteiger partial charge in [-0.15, -0.1) is 4.68 Å². The zero-order valence-electron chi connectivity index (χ0n) is 12.5. The van der Waals surface area contributed by atoms with Gasteiger partial charge in [0.2, 0.25) is 0 Å². The molecular formula is C16H21BrN2O. The number of aryl methyl sites for hydroxylation is 4. The molecule has 2 aromatic rings. The number of hydrogen-bond donors (Lipinski definition) is 0. The van der Waals surface area contributed by atoms with Crippen molar-refractivity contribution in [2.24, 2.45) is 7.05 Å². The number of Topliss-reactive ketones (excluding diaryl/α,β-unsaturated/α-hetero) is 1. The second-order valence-electron chi connectivity index (χ2n) is 5.17. The average Bonchev–Trinajstić information content (AvgIpc) is 2.66. The molecule has 20 heavy (non-hydrogen) atoms. The number of aromatic nitrogens is 2. The van der Waals surface area contributed by atoms with Gasteiger partial charge in [0.15, 0.2) is 19.0 Å². The van der Waals surface area contributed by atoms with Crippen LogP contribution in [0.3, 0.4) is 0 Å². The standard InChI is InChI=1S/C16H21N2O.BrH/c1-12-6-5-7-13(2)16(12)10-15(19)11-18-14(3)8-9-17(18)4;/h5-9H,10-11H2,1-4H3;1H/q+1;/p-1. The van der Waals surface area contributed by atoms with Crippen LogP contribution in [0.4, 0.5) is 0 Å². The van der Waals surface area contributed by atoms with E-state index in [1.165, 1.54) is 16.7 Å². The topological polar surface area (TPSA) is 25.9 Å². The number of ketones is 1. The first-order chi connectivity index (χ1) is 8.99. The van der Waals surface area contributed by atoms with Gasteiger partial charge >= 0.3 is 0 Å². The highest BCUT2D eigenvalue weighted by Gasteiger charge is 2.14. The average molecular weight is 337 g/mol. The minimum Gasteiger partial charge on any atom is -1.00 e. The van der Waals surface area contributed by atoms with Crippen molar-refractivity contribution in [1.82, 2.24) is 4.68 Å². The van der Waals surface area contributed by atoms with Crippen LogP contribution in [0, 0.1) is 20.8 Å². The number of benzene rings is 1. The quantitative estimate of drug-likeness (QED) is 0.661. The van der Waals surface area contributed by atoms with Gasteiger partial charge in [0.1, 0.15) is 6.54 Å². The van der Waals surface area contributed by atoms with Crippen LogP contribution in [0.1, 0.15) is 22.4 Å². The lowest BCUT2D eigenvalue weighted by Gasteiger charge is -2.09. The summed E-state index contributed by atoms with van der Waals surface area (Å²) in [6, 6.07) is 8.19. The van der Waals surface area contributed by atoms with Gasteiger partial charge in [0.05, 0.1) is 5.69 Å². The SMILES string of the molecule is Cc1cccc(C)c1CC(=O)Cn1c(C)cc[n+]1C.[Br-]. The van der Waals surface area contributed by atoms with Crippen LogP contribution in [0.5, 0.6) is 0 Å². The molecule has 0 radical (unpaired) electrons. The van der Waals surface area contributed by atoms with Crippen LogP contribution in [0.15, 0.2) is 30.5 Å². The Morgan fingerprint density at radius 3 is 2.25 bits per heavy atom. The monoisotopic (exact) mass is 336 g/mol. The molecule has 1 aromatic heterocycles. The van der Waals surface area contributed by atoms with E-state index in [0.717, 1.165) is 5.69 Å². The molecule has 4 heteroatoms. The molecule has 1 aromatic carbocycles. The Bertz CT molecular complexity index is 577. The summed E-state index contributed by atoms with van der Waals surface area (Å²) in [7, 11) is 1.96. The van der Waals surface area contributed by atoms with E-state index in [9.17, 15) is 4.79 Å². The van der Waals surface area contributed by atoms with Gasteiger partial charge in [0, 0.05) is 12.5 Å². The first-order valence-corrected chi connectivity index (χ1v) is 6.58. The van der Waals surface area contributed by atoms with Crippen LogP contribution in [0.25, 0.3) is 0 Å². The molecule has 1 heterocycles. The van der Waals surface area contributed by atoms with Crippen molar-refractivity contribution in [2.45, 2.75) is 33.7 Å². The van der Waals surface area contributed by atoms with Crippen molar-refractivity contribution in [1.29, 1.82) is 0 Å². The summed E-state index contributed by atoms with van der Waals surface area (Å²) in [6.07, 6.45) is 2.48. The summed E-state index contributed by atoms with van der Waals surface area (Å²) in [6.45, 7) is 6.59. The lowest BCUT2D eigenvalue weighted by molar-refractivity contribution is -0.752. The molecule has 3 nitrogen and oxygen atoms in total. The van der Waals surface area contributed by atoms with Gasteiger partial charge in [-0.1, -0.05) is 18.2 Å². The molecule has 0 aliphatic heterocycles. The van der Waals surface area contributed by atoms with Crippen LogP contribution >= 0.6 is 0 Å².